The number of rotatable bonds is 5. The molecule has 2 rings (SSSR count). The first-order valence-corrected chi connectivity index (χ1v) is 7.24. The van der Waals surface area contributed by atoms with Crippen molar-refractivity contribution in [2.24, 2.45) is 0 Å². The Morgan fingerprint density at radius 2 is 2.20 bits per heavy atom. The third-order valence-corrected chi connectivity index (χ3v) is 3.67. The summed E-state index contributed by atoms with van der Waals surface area (Å²) in [6.45, 7) is 5.29. The molecule has 20 heavy (non-hydrogen) atoms. The molecule has 0 amide bonds. The van der Waals surface area contributed by atoms with Crippen molar-refractivity contribution in [1.82, 2.24) is 4.90 Å². The summed E-state index contributed by atoms with van der Waals surface area (Å²) in [4.78, 5) is 13.8. The molecule has 4 heteroatoms. The highest BCUT2D eigenvalue weighted by atomic mass is 16.5. The molecular weight excluding hydrogens is 254 g/mol. The van der Waals surface area contributed by atoms with Crippen LogP contribution in [0.2, 0.25) is 0 Å². The van der Waals surface area contributed by atoms with E-state index in [0.717, 1.165) is 13.0 Å². The van der Waals surface area contributed by atoms with Gasteiger partial charge < -0.3 is 9.84 Å². The van der Waals surface area contributed by atoms with Crippen molar-refractivity contribution in [1.29, 1.82) is 0 Å². The van der Waals surface area contributed by atoms with E-state index in [2.05, 4.69) is 17.0 Å². The summed E-state index contributed by atoms with van der Waals surface area (Å²) in [6.07, 6.45) is 1.26. The van der Waals surface area contributed by atoms with E-state index in [9.17, 15) is 9.90 Å². The third kappa shape index (κ3) is 3.58. The quantitative estimate of drug-likeness (QED) is 0.835. The predicted octanol–water partition coefficient (Wildman–Crippen LogP) is 1.92. The molecule has 1 aliphatic rings. The van der Waals surface area contributed by atoms with Crippen LogP contribution >= 0.6 is 0 Å². The first-order valence-electron chi connectivity index (χ1n) is 7.24. The fraction of sp³-hybridized carbons (Fsp3) is 0.562. The van der Waals surface area contributed by atoms with Crippen LogP contribution in [0.5, 0.6) is 0 Å². The van der Waals surface area contributed by atoms with Gasteiger partial charge in [0.05, 0.1) is 25.2 Å². The molecule has 0 aromatic heterocycles. The molecule has 1 aromatic rings. The van der Waals surface area contributed by atoms with Crippen LogP contribution in [0.3, 0.4) is 0 Å². The predicted molar refractivity (Wildman–Crippen MR) is 77.4 cm³/mol. The highest BCUT2D eigenvalue weighted by molar-refractivity contribution is 5.69. The van der Waals surface area contributed by atoms with Gasteiger partial charge in [-0.1, -0.05) is 24.3 Å². The second-order valence-electron chi connectivity index (χ2n) is 5.47. The Kier molecular flexibility index (Phi) is 5.15. The highest BCUT2D eigenvalue weighted by Crippen LogP contribution is 2.29. The molecule has 0 bridgehead atoms. The Labute approximate surface area is 120 Å². The third-order valence-electron chi connectivity index (χ3n) is 3.67. The topological polar surface area (TPSA) is 49.8 Å². The Hall–Kier alpha value is -1.39. The first kappa shape index (κ1) is 15.0. The van der Waals surface area contributed by atoms with Gasteiger partial charge in [-0.25, -0.2) is 0 Å². The average molecular weight is 277 g/mol. The summed E-state index contributed by atoms with van der Waals surface area (Å²) in [6, 6.07) is 8.20. The van der Waals surface area contributed by atoms with Crippen molar-refractivity contribution in [3.63, 3.8) is 0 Å². The Morgan fingerprint density at radius 3 is 2.90 bits per heavy atom. The number of fused-ring (bicyclic) bond motifs is 1. The Morgan fingerprint density at radius 1 is 1.45 bits per heavy atom. The summed E-state index contributed by atoms with van der Waals surface area (Å²) in [5, 5.41) is 9.66. The van der Waals surface area contributed by atoms with Gasteiger partial charge in [-0.05, 0) is 31.4 Å². The van der Waals surface area contributed by atoms with Crippen molar-refractivity contribution in [3.05, 3.63) is 35.4 Å². The largest absolute Gasteiger partial charge is 0.463 e. The highest BCUT2D eigenvalue weighted by Gasteiger charge is 2.26. The second-order valence-corrected chi connectivity index (χ2v) is 5.47. The zero-order valence-electron chi connectivity index (χ0n) is 12.2. The summed E-state index contributed by atoms with van der Waals surface area (Å²) >= 11 is 0. The SMILES string of the molecule is CC(C)OC(=O)CCN1CCc2ccccc2C1CO. The minimum Gasteiger partial charge on any atom is -0.463 e. The van der Waals surface area contributed by atoms with Crippen LogP contribution in [0.1, 0.15) is 37.4 Å². The molecule has 110 valence electrons. The lowest BCUT2D eigenvalue weighted by Gasteiger charge is -2.36. The first-order chi connectivity index (χ1) is 9.61. The Balaban J connectivity index is 1.98. The van der Waals surface area contributed by atoms with Crippen LogP contribution in [-0.4, -0.2) is 41.8 Å². The number of hydrogen-bond donors (Lipinski definition) is 1. The van der Waals surface area contributed by atoms with Gasteiger partial charge in [-0.15, -0.1) is 0 Å². The van der Waals surface area contributed by atoms with Crippen molar-refractivity contribution in [2.45, 2.75) is 38.8 Å². The number of aliphatic hydroxyl groups is 1. The zero-order chi connectivity index (χ0) is 14.5. The van der Waals surface area contributed by atoms with Gasteiger partial charge in [-0.2, -0.15) is 0 Å². The average Bonchev–Trinajstić information content (AvgIpc) is 2.43. The summed E-state index contributed by atoms with van der Waals surface area (Å²) in [5.41, 5.74) is 2.48. The van der Waals surface area contributed by atoms with Crippen LogP contribution in [0.25, 0.3) is 0 Å². The van der Waals surface area contributed by atoms with Gasteiger partial charge in [0.2, 0.25) is 0 Å². The van der Waals surface area contributed by atoms with Crippen LogP contribution in [-0.2, 0) is 16.0 Å². The number of aliphatic hydroxyl groups excluding tert-OH is 1. The molecule has 1 aromatic carbocycles. The lowest BCUT2D eigenvalue weighted by atomic mass is 9.93. The Bertz CT molecular complexity index is 459. The molecule has 0 aliphatic carbocycles. The summed E-state index contributed by atoms with van der Waals surface area (Å²) < 4.78 is 5.15. The van der Waals surface area contributed by atoms with Gasteiger partial charge in [0.25, 0.3) is 0 Å². The van der Waals surface area contributed by atoms with Crippen LogP contribution in [0.15, 0.2) is 24.3 Å². The van der Waals surface area contributed by atoms with Gasteiger partial charge in [0, 0.05) is 13.1 Å². The van der Waals surface area contributed by atoms with Crippen LogP contribution in [0.4, 0.5) is 0 Å². The molecule has 1 aliphatic heterocycles. The molecular formula is C16H23NO3. The van der Waals surface area contributed by atoms with E-state index in [1.165, 1.54) is 11.1 Å². The number of esters is 1. The number of hydrogen-bond acceptors (Lipinski definition) is 4. The van der Waals surface area contributed by atoms with Gasteiger partial charge in [0.1, 0.15) is 0 Å². The van der Waals surface area contributed by atoms with Crippen molar-refractivity contribution < 1.29 is 14.6 Å². The minimum absolute atomic E-state index is 0.00759. The number of carbonyl (C=O) groups excluding carboxylic acids is 1. The zero-order valence-corrected chi connectivity index (χ0v) is 12.2. The lowest BCUT2D eigenvalue weighted by molar-refractivity contribution is -0.148. The van der Waals surface area contributed by atoms with Crippen molar-refractivity contribution in [3.8, 4) is 0 Å². The van der Waals surface area contributed by atoms with Gasteiger partial charge in [-0.3, -0.25) is 9.69 Å². The molecule has 0 saturated heterocycles. The number of carbonyl (C=O) groups is 1. The normalized spacial score (nSPS) is 18.9. The molecule has 4 nitrogen and oxygen atoms in total. The van der Waals surface area contributed by atoms with E-state index < -0.39 is 0 Å². The van der Waals surface area contributed by atoms with E-state index in [1.807, 2.05) is 26.0 Å². The summed E-state index contributed by atoms with van der Waals surface area (Å²) in [7, 11) is 0. The fourth-order valence-corrected chi connectivity index (χ4v) is 2.74. The van der Waals surface area contributed by atoms with Gasteiger partial charge in [0.15, 0.2) is 0 Å². The van der Waals surface area contributed by atoms with E-state index >= 15 is 0 Å². The molecule has 1 unspecified atom stereocenters. The molecule has 0 radical (unpaired) electrons. The molecule has 1 N–H and O–H groups in total. The number of ether oxygens (including phenoxy) is 1. The van der Waals surface area contributed by atoms with Crippen molar-refractivity contribution in [2.75, 3.05) is 19.7 Å². The minimum atomic E-state index is -0.171. The van der Waals surface area contributed by atoms with Gasteiger partial charge >= 0.3 is 5.97 Å². The summed E-state index contributed by atoms with van der Waals surface area (Å²) in [5.74, 6) is -0.171. The van der Waals surface area contributed by atoms with E-state index in [4.69, 9.17) is 4.74 Å². The monoisotopic (exact) mass is 277 g/mol. The maximum Gasteiger partial charge on any atom is 0.307 e. The van der Waals surface area contributed by atoms with Crippen LogP contribution in [0, 0.1) is 0 Å². The lowest BCUT2D eigenvalue weighted by Crippen LogP contribution is -2.38. The molecule has 0 fully saturated rings. The molecule has 1 atom stereocenters. The smallest absolute Gasteiger partial charge is 0.307 e. The molecule has 0 spiro atoms. The van der Waals surface area contributed by atoms with Crippen LogP contribution < -0.4 is 0 Å². The second kappa shape index (κ2) is 6.86. The maximum atomic E-state index is 11.6. The molecule has 1 heterocycles. The standard InChI is InChI=1S/C16H23NO3/c1-12(2)20-16(19)8-10-17-9-7-13-5-3-4-6-14(13)15(17)11-18/h3-6,12,15,18H,7-11H2,1-2H3. The van der Waals surface area contributed by atoms with E-state index in [1.54, 1.807) is 0 Å². The maximum absolute atomic E-state index is 11.6. The fourth-order valence-electron chi connectivity index (χ4n) is 2.74. The number of benzene rings is 1. The number of nitrogens with zero attached hydrogens (tertiary/aromatic N) is 1. The molecule has 0 saturated carbocycles. The van der Waals surface area contributed by atoms with E-state index in [0.29, 0.717) is 13.0 Å². The van der Waals surface area contributed by atoms with Crippen molar-refractivity contribution >= 4 is 5.97 Å². The van der Waals surface area contributed by atoms with E-state index in [-0.39, 0.29) is 24.7 Å².